The maximum Gasteiger partial charge on any atom is 0.297 e. The molecule has 3 heterocycles. The zero-order valence-corrected chi connectivity index (χ0v) is 20.0. The van der Waals surface area contributed by atoms with Gasteiger partial charge in [0.05, 0.1) is 31.2 Å². The minimum Gasteiger partial charge on any atom is -0.493 e. The molecule has 1 aliphatic heterocycles. The zero-order valence-electron chi connectivity index (χ0n) is 19.2. The molecule has 0 fully saturated rings. The van der Waals surface area contributed by atoms with Crippen LogP contribution in [0.1, 0.15) is 46.6 Å². The Hall–Kier alpha value is -3.72. The van der Waals surface area contributed by atoms with E-state index in [0.717, 1.165) is 11.4 Å². The standard InChI is InChI=1S/C25H23N3O5S/c1-13(2)11-19-26-27-25(34-19)28-21(14-9-10-17(31-3)18(12-14)32-4)20-22(29)15-7-5-6-8-16(15)33-23(20)24(28)30/h5-10,12-13,21H,11H2,1-4H3/t21-/m0/s1. The van der Waals surface area contributed by atoms with Crippen molar-refractivity contribution in [2.45, 2.75) is 26.3 Å². The van der Waals surface area contributed by atoms with E-state index in [4.69, 9.17) is 13.9 Å². The highest BCUT2D eigenvalue weighted by atomic mass is 32.1. The van der Waals surface area contributed by atoms with Crippen molar-refractivity contribution in [2.75, 3.05) is 19.1 Å². The summed E-state index contributed by atoms with van der Waals surface area (Å²) in [5.74, 6) is 1.02. The predicted octanol–water partition coefficient (Wildman–Crippen LogP) is 4.61. The van der Waals surface area contributed by atoms with Gasteiger partial charge in [-0.05, 0) is 35.7 Å². The van der Waals surface area contributed by atoms with Gasteiger partial charge >= 0.3 is 0 Å². The summed E-state index contributed by atoms with van der Waals surface area (Å²) >= 11 is 1.34. The Bertz CT molecular complexity index is 1460. The predicted molar refractivity (Wildman–Crippen MR) is 129 cm³/mol. The number of anilines is 1. The average molecular weight is 478 g/mol. The van der Waals surface area contributed by atoms with Crippen LogP contribution in [0.25, 0.3) is 11.0 Å². The van der Waals surface area contributed by atoms with Crippen LogP contribution in [0.5, 0.6) is 11.5 Å². The number of ether oxygens (including phenoxy) is 2. The highest BCUT2D eigenvalue weighted by Gasteiger charge is 2.45. The van der Waals surface area contributed by atoms with Gasteiger partial charge in [-0.3, -0.25) is 14.5 Å². The average Bonchev–Trinajstić information content (AvgIpc) is 3.40. The molecule has 1 aliphatic rings. The lowest BCUT2D eigenvalue weighted by Crippen LogP contribution is -2.29. The third-order valence-corrected chi connectivity index (χ3v) is 6.69. The summed E-state index contributed by atoms with van der Waals surface area (Å²) in [7, 11) is 3.09. The number of para-hydroxylation sites is 1. The van der Waals surface area contributed by atoms with Crippen LogP contribution in [0.15, 0.2) is 51.7 Å². The van der Waals surface area contributed by atoms with Crippen LogP contribution < -0.4 is 19.8 Å². The highest BCUT2D eigenvalue weighted by molar-refractivity contribution is 7.15. The van der Waals surface area contributed by atoms with Crippen molar-refractivity contribution in [2.24, 2.45) is 5.92 Å². The normalized spacial score (nSPS) is 15.3. The van der Waals surface area contributed by atoms with Crippen molar-refractivity contribution in [3.05, 3.63) is 74.6 Å². The van der Waals surface area contributed by atoms with Crippen LogP contribution >= 0.6 is 11.3 Å². The number of amides is 1. The molecule has 0 saturated carbocycles. The molecule has 174 valence electrons. The van der Waals surface area contributed by atoms with Crippen molar-refractivity contribution in [3.8, 4) is 11.5 Å². The number of hydrogen-bond donors (Lipinski definition) is 0. The number of aromatic nitrogens is 2. The molecule has 34 heavy (non-hydrogen) atoms. The van der Waals surface area contributed by atoms with Gasteiger partial charge in [0, 0.05) is 6.42 Å². The van der Waals surface area contributed by atoms with Crippen molar-refractivity contribution in [3.63, 3.8) is 0 Å². The number of fused-ring (bicyclic) bond motifs is 2. The van der Waals surface area contributed by atoms with E-state index in [1.54, 1.807) is 43.5 Å². The Balaban J connectivity index is 1.74. The first kappa shape index (κ1) is 22.1. The van der Waals surface area contributed by atoms with Gasteiger partial charge in [-0.25, -0.2) is 0 Å². The fraction of sp³-hybridized carbons (Fsp3) is 0.280. The number of carbonyl (C=O) groups is 1. The summed E-state index contributed by atoms with van der Waals surface area (Å²) in [5.41, 5.74) is 1.06. The van der Waals surface area contributed by atoms with Crippen molar-refractivity contribution in [1.29, 1.82) is 0 Å². The van der Waals surface area contributed by atoms with Crippen LogP contribution in [0, 0.1) is 5.92 Å². The second-order valence-electron chi connectivity index (χ2n) is 8.44. The Labute approximate surface area is 199 Å². The molecule has 0 radical (unpaired) electrons. The summed E-state index contributed by atoms with van der Waals surface area (Å²) < 4.78 is 16.8. The zero-order chi connectivity index (χ0) is 24.0. The van der Waals surface area contributed by atoms with E-state index in [1.165, 1.54) is 23.3 Å². The number of rotatable bonds is 6. The van der Waals surface area contributed by atoms with Crippen LogP contribution in [0.3, 0.4) is 0 Å². The molecule has 1 atom stereocenters. The molecule has 4 aromatic rings. The maximum atomic E-state index is 13.7. The summed E-state index contributed by atoms with van der Waals surface area (Å²) in [6.07, 6.45) is 0.745. The van der Waals surface area contributed by atoms with Gasteiger partial charge in [-0.1, -0.05) is 43.4 Å². The topological polar surface area (TPSA) is 94.8 Å². The fourth-order valence-corrected chi connectivity index (χ4v) is 5.31. The quantitative estimate of drug-likeness (QED) is 0.400. The Kier molecular flexibility index (Phi) is 5.57. The van der Waals surface area contributed by atoms with Gasteiger partial charge in [0.1, 0.15) is 10.6 Å². The molecular weight excluding hydrogens is 454 g/mol. The molecule has 0 spiro atoms. The minimum atomic E-state index is -0.747. The van der Waals surface area contributed by atoms with Crippen molar-refractivity contribution < 1.29 is 18.7 Å². The molecule has 0 N–H and O–H groups in total. The van der Waals surface area contributed by atoms with Crippen LogP contribution in [0.2, 0.25) is 0 Å². The fourth-order valence-electron chi connectivity index (χ4n) is 4.23. The largest absolute Gasteiger partial charge is 0.493 e. The Morgan fingerprint density at radius 1 is 1.06 bits per heavy atom. The van der Waals surface area contributed by atoms with E-state index in [1.807, 2.05) is 6.07 Å². The SMILES string of the molecule is COc1ccc([C@H]2c3c(oc4ccccc4c3=O)C(=O)N2c2nnc(CC(C)C)s2)cc1OC. The van der Waals surface area contributed by atoms with Crippen LogP contribution in [-0.4, -0.2) is 30.3 Å². The third-order valence-electron chi connectivity index (χ3n) is 5.75. The van der Waals surface area contributed by atoms with Gasteiger partial charge in [-0.2, -0.15) is 0 Å². The summed E-state index contributed by atoms with van der Waals surface area (Å²) in [5, 5.41) is 10.2. The monoisotopic (exact) mass is 477 g/mol. The lowest BCUT2D eigenvalue weighted by Gasteiger charge is -2.23. The van der Waals surface area contributed by atoms with Gasteiger partial charge < -0.3 is 13.9 Å². The molecule has 0 unspecified atom stereocenters. The van der Waals surface area contributed by atoms with Crippen molar-refractivity contribution >= 4 is 33.3 Å². The van der Waals surface area contributed by atoms with Crippen molar-refractivity contribution in [1.82, 2.24) is 10.2 Å². The Morgan fingerprint density at radius 3 is 2.56 bits per heavy atom. The first-order valence-corrected chi connectivity index (χ1v) is 11.7. The molecule has 9 heteroatoms. The van der Waals surface area contributed by atoms with E-state index >= 15 is 0 Å². The van der Waals surface area contributed by atoms with Crippen LogP contribution in [0.4, 0.5) is 5.13 Å². The molecule has 2 aromatic heterocycles. The summed E-state index contributed by atoms with van der Waals surface area (Å²) in [6.45, 7) is 4.19. The number of methoxy groups -OCH3 is 2. The van der Waals surface area contributed by atoms with E-state index in [0.29, 0.717) is 39.1 Å². The lowest BCUT2D eigenvalue weighted by atomic mass is 9.98. The second kappa shape index (κ2) is 8.57. The van der Waals surface area contributed by atoms with E-state index < -0.39 is 11.9 Å². The first-order valence-electron chi connectivity index (χ1n) is 10.9. The third kappa shape index (κ3) is 3.52. The summed E-state index contributed by atoms with van der Waals surface area (Å²) in [4.78, 5) is 28.8. The second-order valence-corrected chi connectivity index (χ2v) is 9.48. The van der Waals surface area contributed by atoms with Gasteiger partial charge in [0.2, 0.25) is 10.9 Å². The smallest absolute Gasteiger partial charge is 0.297 e. The Morgan fingerprint density at radius 2 is 1.82 bits per heavy atom. The van der Waals surface area contributed by atoms with E-state index in [2.05, 4.69) is 24.0 Å². The molecule has 0 saturated heterocycles. The van der Waals surface area contributed by atoms with Crippen LogP contribution in [-0.2, 0) is 6.42 Å². The molecule has 0 bridgehead atoms. The van der Waals surface area contributed by atoms with E-state index in [9.17, 15) is 9.59 Å². The highest BCUT2D eigenvalue weighted by Crippen LogP contribution is 2.44. The molecule has 2 aromatic carbocycles. The van der Waals surface area contributed by atoms with E-state index in [-0.39, 0.29) is 16.8 Å². The lowest BCUT2D eigenvalue weighted by molar-refractivity contribution is 0.0970. The molecule has 8 nitrogen and oxygen atoms in total. The van der Waals surface area contributed by atoms with Gasteiger partial charge in [0.15, 0.2) is 16.9 Å². The molecule has 0 aliphatic carbocycles. The molecule has 5 rings (SSSR count). The number of carbonyl (C=O) groups excluding carboxylic acids is 1. The maximum absolute atomic E-state index is 13.7. The number of benzene rings is 2. The molecular formula is C25H23N3O5S. The molecule has 1 amide bonds. The van der Waals surface area contributed by atoms with Gasteiger partial charge in [-0.15, -0.1) is 10.2 Å². The van der Waals surface area contributed by atoms with Gasteiger partial charge in [0.25, 0.3) is 5.91 Å². The summed E-state index contributed by atoms with van der Waals surface area (Å²) in [6, 6.07) is 11.5. The number of hydrogen-bond acceptors (Lipinski definition) is 8. The number of nitrogens with zero attached hydrogens (tertiary/aromatic N) is 3. The minimum absolute atomic E-state index is 0.0177. The first-order chi connectivity index (χ1) is 16.4.